The standard InChI is InChI=1S/C19H21NO3/c1-4-23-17-11-10-16(13-18(17)22-3)20-19(21)12-9-15-7-5-14(2)6-8-15/h5-13H,4H2,1-3H3,(H,20,21)/b12-9+. The lowest BCUT2D eigenvalue weighted by molar-refractivity contribution is -0.111. The van der Waals surface area contributed by atoms with Crippen LogP contribution in [0, 0.1) is 6.92 Å². The third-order valence-electron chi connectivity index (χ3n) is 3.24. The van der Waals surface area contributed by atoms with Crippen LogP contribution in [0.3, 0.4) is 0 Å². The normalized spacial score (nSPS) is 10.6. The molecule has 0 heterocycles. The molecule has 0 aromatic heterocycles. The van der Waals surface area contributed by atoms with Crippen LogP contribution < -0.4 is 14.8 Å². The van der Waals surface area contributed by atoms with E-state index in [1.54, 1.807) is 31.4 Å². The van der Waals surface area contributed by atoms with Crippen molar-refractivity contribution in [3.8, 4) is 11.5 Å². The number of benzene rings is 2. The first-order chi connectivity index (χ1) is 11.1. The number of carbonyl (C=O) groups excluding carboxylic acids is 1. The second-order valence-corrected chi connectivity index (χ2v) is 5.03. The summed E-state index contributed by atoms with van der Waals surface area (Å²) < 4.78 is 10.7. The summed E-state index contributed by atoms with van der Waals surface area (Å²) in [7, 11) is 1.57. The molecule has 2 aromatic carbocycles. The highest BCUT2D eigenvalue weighted by Gasteiger charge is 2.06. The van der Waals surface area contributed by atoms with Crippen molar-refractivity contribution >= 4 is 17.7 Å². The number of hydrogen-bond donors (Lipinski definition) is 1. The quantitative estimate of drug-likeness (QED) is 0.819. The molecule has 0 saturated heterocycles. The molecule has 0 radical (unpaired) electrons. The van der Waals surface area contributed by atoms with Crippen LogP contribution in [0.25, 0.3) is 6.08 Å². The highest BCUT2D eigenvalue weighted by Crippen LogP contribution is 2.30. The van der Waals surface area contributed by atoms with Crippen molar-refractivity contribution in [1.82, 2.24) is 0 Å². The minimum absolute atomic E-state index is 0.197. The molecule has 4 heteroatoms. The number of aryl methyl sites for hydroxylation is 1. The molecule has 0 aliphatic carbocycles. The van der Waals surface area contributed by atoms with Gasteiger partial charge < -0.3 is 14.8 Å². The molecule has 4 nitrogen and oxygen atoms in total. The van der Waals surface area contributed by atoms with Crippen LogP contribution in [0.5, 0.6) is 11.5 Å². The van der Waals surface area contributed by atoms with Crippen LogP contribution in [-0.2, 0) is 4.79 Å². The molecule has 2 aromatic rings. The number of amides is 1. The molecule has 0 fully saturated rings. The predicted molar refractivity (Wildman–Crippen MR) is 93.0 cm³/mol. The first-order valence-electron chi connectivity index (χ1n) is 7.49. The van der Waals surface area contributed by atoms with Gasteiger partial charge >= 0.3 is 0 Å². The Morgan fingerprint density at radius 3 is 2.52 bits per heavy atom. The van der Waals surface area contributed by atoms with Gasteiger partial charge in [-0.05, 0) is 37.6 Å². The van der Waals surface area contributed by atoms with Gasteiger partial charge in [-0.1, -0.05) is 29.8 Å². The maximum atomic E-state index is 12.0. The van der Waals surface area contributed by atoms with Crippen LogP contribution in [0.4, 0.5) is 5.69 Å². The van der Waals surface area contributed by atoms with E-state index in [9.17, 15) is 4.79 Å². The van der Waals surface area contributed by atoms with Crippen molar-refractivity contribution in [2.75, 3.05) is 19.0 Å². The topological polar surface area (TPSA) is 47.6 Å². The van der Waals surface area contributed by atoms with Gasteiger partial charge in [-0.3, -0.25) is 4.79 Å². The monoisotopic (exact) mass is 311 g/mol. The third kappa shape index (κ3) is 4.88. The maximum Gasteiger partial charge on any atom is 0.248 e. The van der Waals surface area contributed by atoms with Crippen molar-refractivity contribution in [3.63, 3.8) is 0 Å². The van der Waals surface area contributed by atoms with E-state index in [4.69, 9.17) is 9.47 Å². The van der Waals surface area contributed by atoms with Gasteiger partial charge in [-0.15, -0.1) is 0 Å². The zero-order valence-electron chi connectivity index (χ0n) is 13.6. The molecular formula is C19H21NO3. The zero-order valence-corrected chi connectivity index (χ0v) is 13.6. The number of ether oxygens (including phenoxy) is 2. The predicted octanol–water partition coefficient (Wildman–Crippen LogP) is 4.05. The Bertz CT molecular complexity index is 690. The summed E-state index contributed by atoms with van der Waals surface area (Å²) in [5.74, 6) is 1.05. The van der Waals surface area contributed by atoms with Crippen LogP contribution in [0.2, 0.25) is 0 Å². The molecule has 0 atom stereocenters. The Hall–Kier alpha value is -2.75. The minimum atomic E-state index is -0.197. The van der Waals surface area contributed by atoms with Crippen molar-refractivity contribution in [3.05, 3.63) is 59.7 Å². The Balaban J connectivity index is 2.03. The third-order valence-corrected chi connectivity index (χ3v) is 3.24. The lowest BCUT2D eigenvalue weighted by Crippen LogP contribution is -2.08. The summed E-state index contributed by atoms with van der Waals surface area (Å²) >= 11 is 0. The summed E-state index contributed by atoms with van der Waals surface area (Å²) in [6.07, 6.45) is 3.29. The molecular weight excluding hydrogens is 290 g/mol. The van der Waals surface area contributed by atoms with Gasteiger partial charge in [0.25, 0.3) is 0 Å². The van der Waals surface area contributed by atoms with E-state index in [0.717, 1.165) is 5.56 Å². The van der Waals surface area contributed by atoms with E-state index in [2.05, 4.69) is 5.32 Å². The molecule has 0 unspecified atom stereocenters. The van der Waals surface area contributed by atoms with E-state index in [-0.39, 0.29) is 5.91 Å². The highest BCUT2D eigenvalue weighted by atomic mass is 16.5. The van der Waals surface area contributed by atoms with Crippen molar-refractivity contribution in [1.29, 1.82) is 0 Å². The van der Waals surface area contributed by atoms with Crippen LogP contribution in [0.15, 0.2) is 48.5 Å². The first kappa shape index (κ1) is 16.6. The lowest BCUT2D eigenvalue weighted by Gasteiger charge is -2.11. The van der Waals surface area contributed by atoms with Gasteiger partial charge in [0.1, 0.15) is 0 Å². The van der Waals surface area contributed by atoms with Crippen LogP contribution in [0.1, 0.15) is 18.1 Å². The second kappa shape index (κ2) is 8.03. The smallest absolute Gasteiger partial charge is 0.248 e. The number of hydrogen-bond acceptors (Lipinski definition) is 3. The number of rotatable bonds is 6. The van der Waals surface area contributed by atoms with Crippen LogP contribution in [-0.4, -0.2) is 19.6 Å². The Morgan fingerprint density at radius 1 is 1.13 bits per heavy atom. The maximum absolute atomic E-state index is 12.0. The number of anilines is 1. The first-order valence-corrected chi connectivity index (χ1v) is 7.49. The minimum Gasteiger partial charge on any atom is -0.493 e. The van der Waals surface area contributed by atoms with E-state index in [1.165, 1.54) is 11.6 Å². The van der Waals surface area contributed by atoms with Crippen LogP contribution >= 0.6 is 0 Å². The summed E-state index contributed by atoms with van der Waals surface area (Å²) in [5, 5.41) is 2.81. The molecule has 23 heavy (non-hydrogen) atoms. The van der Waals surface area contributed by atoms with E-state index in [0.29, 0.717) is 23.8 Å². The Labute approximate surface area is 136 Å². The molecule has 120 valence electrons. The summed E-state index contributed by atoms with van der Waals surface area (Å²) in [6.45, 7) is 4.49. The van der Waals surface area contributed by atoms with Crippen molar-refractivity contribution in [2.24, 2.45) is 0 Å². The SMILES string of the molecule is CCOc1ccc(NC(=O)/C=C/c2ccc(C)cc2)cc1OC. The van der Waals surface area contributed by atoms with E-state index >= 15 is 0 Å². The van der Waals surface area contributed by atoms with E-state index in [1.807, 2.05) is 38.1 Å². The Morgan fingerprint density at radius 2 is 1.87 bits per heavy atom. The van der Waals surface area contributed by atoms with Gasteiger partial charge in [-0.25, -0.2) is 0 Å². The summed E-state index contributed by atoms with van der Waals surface area (Å²) in [6, 6.07) is 13.3. The molecule has 0 bridgehead atoms. The number of methoxy groups -OCH3 is 1. The van der Waals surface area contributed by atoms with Gasteiger partial charge in [0.05, 0.1) is 13.7 Å². The summed E-state index contributed by atoms with van der Waals surface area (Å²) in [5.41, 5.74) is 2.83. The van der Waals surface area contributed by atoms with Crippen molar-refractivity contribution < 1.29 is 14.3 Å². The van der Waals surface area contributed by atoms with Crippen molar-refractivity contribution in [2.45, 2.75) is 13.8 Å². The molecule has 1 amide bonds. The van der Waals surface area contributed by atoms with E-state index < -0.39 is 0 Å². The molecule has 1 N–H and O–H groups in total. The van der Waals surface area contributed by atoms with Gasteiger partial charge in [0.2, 0.25) is 5.91 Å². The highest BCUT2D eigenvalue weighted by molar-refractivity contribution is 6.02. The second-order valence-electron chi connectivity index (χ2n) is 5.03. The van der Waals surface area contributed by atoms with Gasteiger partial charge in [0.15, 0.2) is 11.5 Å². The fourth-order valence-corrected chi connectivity index (χ4v) is 2.05. The average Bonchev–Trinajstić information content (AvgIpc) is 2.56. The number of nitrogens with one attached hydrogen (secondary N) is 1. The number of carbonyl (C=O) groups is 1. The largest absolute Gasteiger partial charge is 0.493 e. The zero-order chi connectivity index (χ0) is 16.7. The molecule has 2 rings (SSSR count). The van der Waals surface area contributed by atoms with Gasteiger partial charge in [0, 0.05) is 17.8 Å². The lowest BCUT2D eigenvalue weighted by atomic mass is 10.1. The fourth-order valence-electron chi connectivity index (χ4n) is 2.05. The molecule has 0 aliphatic heterocycles. The fraction of sp³-hybridized carbons (Fsp3) is 0.211. The Kier molecular flexibility index (Phi) is 5.80. The average molecular weight is 311 g/mol. The molecule has 0 saturated carbocycles. The molecule has 0 aliphatic rings. The summed E-state index contributed by atoms with van der Waals surface area (Å²) in [4.78, 5) is 12.0. The van der Waals surface area contributed by atoms with Gasteiger partial charge in [-0.2, -0.15) is 0 Å². The molecule has 0 spiro atoms.